The van der Waals surface area contributed by atoms with E-state index in [1.807, 2.05) is 12.1 Å². The Morgan fingerprint density at radius 2 is 1.40 bits per heavy atom. The van der Waals surface area contributed by atoms with Gasteiger partial charge in [0.15, 0.2) is 5.16 Å². The Morgan fingerprint density at radius 1 is 0.880 bits per heavy atom. The molecule has 0 amide bonds. The van der Waals surface area contributed by atoms with Gasteiger partial charge in [-0.15, -0.1) is 12.4 Å². The SMILES string of the molecule is Cl.FC(F)C(F)(F)Sc1nc(-c2ccccc2)c(-c2ccccc2)[nH]1. The lowest BCUT2D eigenvalue weighted by molar-refractivity contribution is -0.0565. The zero-order valence-electron chi connectivity index (χ0n) is 12.6. The van der Waals surface area contributed by atoms with Gasteiger partial charge >= 0.3 is 11.7 Å². The third-order valence-corrected chi connectivity index (χ3v) is 4.12. The fraction of sp³-hybridized carbons (Fsp3) is 0.118. The van der Waals surface area contributed by atoms with Gasteiger partial charge < -0.3 is 4.98 Å². The van der Waals surface area contributed by atoms with Crippen molar-refractivity contribution in [3.05, 3.63) is 60.7 Å². The number of aromatic nitrogens is 2. The summed E-state index contributed by atoms with van der Waals surface area (Å²) in [6, 6.07) is 18.0. The molecule has 0 aliphatic carbocycles. The molecule has 2 nitrogen and oxygen atoms in total. The van der Waals surface area contributed by atoms with Gasteiger partial charge in [0, 0.05) is 11.1 Å². The molecule has 1 N–H and O–H groups in total. The monoisotopic (exact) mass is 388 g/mol. The van der Waals surface area contributed by atoms with Crippen LogP contribution in [0.1, 0.15) is 0 Å². The quantitative estimate of drug-likeness (QED) is 0.421. The number of alkyl halides is 4. The maximum Gasteiger partial charge on any atom is 0.360 e. The van der Waals surface area contributed by atoms with E-state index < -0.39 is 11.7 Å². The summed E-state index contributed by atoms with van der Waals surface area (Å²) in [5.74, 6) is 0. The Bertz CT molecular complexity index is 753. The Kier molecular flexibility index (Phi) is 6.13. The molecule has 3 aromatic rings. The summed E-state index contributed by atoms with van der Waals surface area (Å²) >= 11 is -0.272. The highest BCUT2D eigenvalue weighted by Crippen LogP contribution is 2.41. The number of aromatic amines is 1. The molecule has 0 aliphatic rings. The highest BCUT2D eigenvalue weighted by Gasteiger charge is 2.43. The maximum absolute atomic E-state index is 13.3. The number of rotatable bonds is 5. The van der Waals surface area contributed by atoms with E-state index in [1.165, 1.54) is 0 Å². The first-order valence-electron chi connectivity index (χ1n) is 7.03. The summed E-state index contributed by atoms with van der Waals surface area (Å²) in [7, 11) is 0. The van der Waals surface area contributed by atoms with Crippen molar-refractivity contribution < 1.29 is 17.6 Å². The van der Waals surface area contributed by atoms with Crippen LogP contribution in [0.15, 0.2) is 65.8 Å². The summed E-state index contributed by atoms with van der Waals surface area (Å²) in [6.07, 6.45) is -3.77. The summed E-state index contributed by atoms with van der Waals surface area (Å²) < 4.78 is 51.5. The van der Waals surface area contributed by atoms with Crippen LogP contribution in [0.3, 0.4) is 0 Å². The number of nitrogens with one attached hydrogen (secondary N) is 1. The molecule has 1 heterocycles. The smallest absolute Gasteiger partial charge is 0.332 e. The van der Waals surface area contributed by atoms with E-state index in [0.29, 0.717) is 17.0 Å². The molecule has 0 spiro atoms. The van der Waals surface area contributed by atoms with Gasteiger partial charge in [-0.2, -0.15) is 8.78 Å². The average molecular weight is 389 g/mol. The lowest BCUT2D eigenvalue weighted by Gasteiger charge is -2.11. The highest BCUT2D eigenvalue weighted by molar-refractivity contribution is 8.00. The van der Waals surface area contributed by atoms with E-state index in [2.05, 4.69) is 9.97 Å². The second-order valence-electron chi connectivity index (χ2n) is 4.96. The molecule has 0 saturated heterocycles. The molecule has 0 radical (unpaired) electrons. The van der Waals surface area contributed by atoms with Crippen molar-refractivity contribution in [1.29, 1.82) is 0 Å². The lowest BCUT2D eigenvalue weighted by atomic mass is 10.1. The van der Waals surface area contributed by atoms with Crippen LogP contribution in [0.2, 0.25) is 0 Å². The number of hydrogen-bond donors (Lipinski definition) is 1. The van der Waals surface area contributed by atoms with Crippen LogP contribution in [0.5, 0.6) is 0 Å². The molecular weight excluding hydrogens is 376 g/mol. The van der Waals surface area contributed by atoms with Crippen LogP contribution in [0.4, 0.5) is 17.6 Å². The minimum atomic E-state index is -4.21. The van der Waals surface area contributed by atoms with Crippen LogP contribution < -0.4 is 0 Å². The minimum Gasteiger partial charge on any atom is -0.332 e. The first kappa shape index (κ1) is 19.3. The van der Waals surface area contributed by atoms with Gasteiger partial charge in [-0.3, -0.25) is 0 Å². The zero-order chi connectivity index (χ0) is 17.2. The fourth-order valence-electron chi connectivity index (χ4n) is 2.19. The molecule has 1 aromatic heterocycles. The van der Waals surface area contributed by atoms with Crippen molar-refractivity contribution >= 4 is 24.2 Å². The molecular formula is C17H13ClF4N2S. The van der Waals surface area contributed by atoms with Crippen LogP contribution in [-0.4, -0.2) is 21.6 Å². The molecule has 132 valence electrons. The lowest BCUT2D eigenvalue weighted by Crippen LogP contribution is -2.21. The second kappa shape index (κ2) is 7.93. The van der Waals surface area contributed by atoms with E-state index in [0.717, 1.165) is 5.56 Å². The molecule has 0 aliphatic heterocycles. The number of imidazole rings is 1. The first-order valence-corrected chi connectivity index (χ1v) is 7.85. The molecule has 2 aromatic carbocycles. The summed E-state index contributed by atoms with van der Waals surface area (Å²) in [5, 5.41) is -4.46. The Hall–Kier alpha value is -1.99. The van der Waals surface area contributed by atoms with Crippen LogP contribution in [0.25, 0.3) is 22.5 Å². The van der Waals surface area contributed by atoms with Crippen LogP contribution in [0, 0.1) is 0 Å². The molecule has 0 unspecified atom stereocenters. The van der Waals surface area contributed by atoms with E-state index in [1.54, 1.807) is 48.5 Å². The molecule has 3 rings (SSSR count). The van der Waals surface area contributed by atoms with E-state index in [4.69, 9.17) is 0 Å². The normalized spacial score (nSPS) is 11.4. The third-order valence-electron chi connectivity index (χ3n) is 3.28. The largest absolute Gasteiger partial charge is 0.360 e. The van der Waals surface area contributed by atoms with Crippen LogP contribution >= 0.6 is 24.2 Å². The Labute approximate surface area is 152 Å². The van der Waals surface area contributed by atoms with Crippen molar-refractivity contribution in [1.82, 2.24) is 9.97 Å². The molecule has 0 bridgehead atoms. The van der Waals surface area contributed by atoms with Gasteiger partial charge in [-0.25, -0.2) is 13.8 Å². The minimum absolute atomic E-state index is 0. The third kappa shape index (κ3) is 4.35. The second-order valence-corrected chi connectivity index (χ2v) is 6.10. The first-order chi connectivity index (χ1) is 11.5. The number of thioether (sulfide) groups is 1. The molecule has 0 fully saturated rings. The van der Waals surface area contributed by atoms with E-state index >= 15 is 0 Å². The Balaban J connectivity index is 0.00000225. The van der Waals surface area contributed by atoms with Crippen molar-refractivity contribution in [2.75, 3.05) is 0 Å². The summed E-state index contributed by atoms with van der Waals surface area (Å²) in [6.45, 7) is 0. The standard InChI is InChI=1S/C17H12F4N2S.ClH/c18-15(19)17(20,21)24-16-22-13(11-7-3-1-4-8-11)14(23-16)12-9-5-2-6-10-12;/h1-10,15H,(H,22,23);1H. The van der Waals surface area contributed by atoms with Gasteiger partial charge in [0.1, 0.15) is 0 Å². The predicted molar refractivity (Wildman–Crippen MR) is 93.5 cm³/mol. The molecule has 0 saturated carbocycles. The van der Waals surface area contributed by atoms with Crippen molar-refractivity contribution in [2.24, 2.45) is 0 Å². The topological polar surface area (TPSA) is 28.7 Å². The molecule has 25 heavy (non-hydrogen) atoms. The van der Waals surface area contributed by atoms with E-state index in [-0.39, 0.29) is 29.3 Å². The number of benzene rings is 2. The predicted octanol–water partition coefficient (Wildman–Crippen LogP) is 6.12. The number of H-pyrrole nitrogens is 1. The van der Waals surface area contributed by atoms with Gasteiger partial charge in [0.2, 0.25) is 0 Å². The van der Waals surface area contributed by atoms with Crippen molar-refractivity contribution in [2.45, 2.75) is 16.8 Å². The number of halogens is 5. The van der Waals surface area contributed by atoms with Crippen molar-refractivity contribution in [3.8, 4) is 22.5 Å². The average Bonchev–Trinajstić information content (AvgIpc) is 2.99. The Morgan fingerprint density at radius 3 is 1.92 bits per heavy atom. The molecule has 0 atom stereocenters. The van der Waals surface area contributed by atoms with E-state index in [9.17, 15) is 17.6 Å². The number of hydrogen-bond acceptors (Lipinski definition) is 2. The van der Waals surface area contributed by atoms with Crippen molar-refractivity contribution in [3.63, 3.8) is 0 Å². The maximum atomic E-state index is 13.3. The summed E-state index contributed by atoms with van der Waals surface area (Å²) in [5.41, 5.74) is 2.39. The number of nitrogens with zero attached hydrogens (tertiary/aromatic N) is 1. The zero-order valence-corrected chi connectivity index (χ0v) is 14.3. The van der Waals surface area contributed by atoms with Crippen LogP contribution in [-0.2, 0) is 0 Å². The summed E-state index contributed by atoms with van der Waals surface area (Å²) in [4.78, 5) is 6.86. The fourth-order valence-corrected chi connectivity index (χ4v) is 2.83. The highest BCUT2D eigenvalue weighted by atomic mass is 35.5. The van der Waals surface area contributed by atoms with Gasteiger partial charge in [0.05, 0.1) is 11.4 Å². The molecule has 8 heteroatoms. The van der Waals surface area contributed by atoms with Gasteiger partial charge in [0.25, 0.3) is 0 Å². The van der Waals surface area contributed by atoms with Gasteiger partial charge in [-0.1, -0.05) is 60.7 Å². The van der Waals surface area contributed by atoms with Gasteiger partial charge in [-0.05, 0) is 11.8 Å².